The zero-order valence-electron chi connectivity index (χ0n) is 11.5. The van der Waals surface area contributed by atoms with Gasteiger partial charge in [-0.05, 0) is 36.8 Å². The number of thiocarbonyl (C=S) groups is 1. The highest BCUT2D eigenvalue weighted by Crippen LogP contribution is 2.32. The maximum Gasteiger partial charge on any atom is 0.243 e. The Morgan fingerprint density at radius 2 is 2.15 bits per heavy atom. The van der Waals surface area contributed by atoms with Crippen LogP contribution in [-0.4, -0.2) is 24.4 Å². The molecular weight excluding hydrogens is 294 g/mol. The van der Waals surface area contributed by atoms with E-state index in [1.807, 2.05) is 0 Å². The van der Waals surface area contributed by atoms with E-state index in [2.05, 4.69) is 23.6 Å². The third kappa shape index (κ3) is 2.99. The molecule has 1 aromatic rings. The molecule has 0 amide bonds. The van der Waals surface area contributed by atoms with Crippen LogP contribution in [0.5, 0.6) is 0 Å². The number of nitrogens with one attached hydrogen (secondary N) is 1. The van der Waals surface area contributed by atoms with Gasteiger partial charge in [-0.15, -0.1) is 0 Å². The Morgan fingerprint density at radius 3 is 2.70 bits per heavy atom. The van der Waals surface area contributed by atoms with Crippen molar-refractivity contribution in [1.82, 2.24) is 9.71 Å². The van der Waals surface area contributed by atoms with E-state index in [9.17, 15) is 8.42 Å². The van der Waals surface area contributed by atoms with E-state index in [0.29, 0.717) is 11.8 Å². The lowest BCUT2D eigenvalue weighted by atomic mass is 9.98. The molecule has 0 bridgehead atoms. The second kappa shape index (κ2) is 5.75. The minimum absolute atomic E-state index is 0.0150. The number of hydrogen-bond donors (Lipinski definition) is 2. The van der Waals surface area contributed by atoms with Crippen molar-refractivity contribution in [3.05, 3.63) is 24.0 Å². The molecule has 5 nitrogen and oxygen atoms in total. The predicted molar refractivity (Wildman–Crippen MR) is 81.8 cm³/mol. The standard InChI is InChI=1S/C13H19N3O2S2/c1-8-5-6-10(9(8)2)16-20(17,18)11-4-3-7-15-12(11)13(14)19/h3-4,7-10,16H,5-6H2,1-2H3,(H2,14,19). The van der Waals surface area contributed by atoms with Crippen molar-refractivity contribution in [3.8, 4) is 0 Å². The van der Waals surface area contributed by atoms with Crippen LogP contribution in [0.1, 0.15) is 32.4 Å². The van der Waals surface area contributed by atoms with E-state index < -0.39 is 10.0 Å². The summed E-state index contributed by atoms with van der Waals surface area (Å²) in [5.41, 5.74) is 5.69. The Labute approximate surface area is 125 Å². The van der Waals surface area contributed by atoms with Crippen LogP contribution in [0, 0.1) is 11.8 Å². The Bertz CT molecular complexity index is 616. The Morgan fingerprint density at radius 1 is 1.45 bits per heavy atom. The van der Waals surface area contributed by atoms with Crippen molar-refractivity contribution in [1.29, 1.82) is 0 Å². The van der Waals surface area contributed by atoms with Crippen molar-refractivity contribution in [2.24, 2.45) is 17.6 Å². The number of sulfonamides is 1. The summed E-state index contributed by atoms with van der Waals surface area (Å²) in [6.45, 7) is 4.21. The van der Waals surface area contributed by atoms with Gasteiger partial charge in [-0.25, -0.2) is 13.1 Å². The van der Waals surface area contributed by atoms with Gasteiger partial charge in [0, 0.05) is 12.2 Å². The maximum absolute atomic E-state index is 12.5. The lowest BCUT2D eigenvalue weighted by molar-refractivity contribution is 0.402. The van der Waals surface area contributed by atoms with Gasteiger partial charge < -0.3 is 5.73 Å². The fraction of sp³-hybridized carbons (Fsp3) is 0.538. The molecule has 0 radical (unpaired) electrons. The lowest BCUT2D eigenvalue weighted by Gasteiger charge is -2.20. The molecule has 3 unspecified atom stereocenters. The van der Waals surface area contributed by atoms with Gasteiger partial charge in [-0.1, -0.05) is 26.1 Å². The highest BCUT2D eigenvalue weighted by atomic mass is 32.2. The summed E-state index contributed by atoms with van der Waals surface area (Å²) in [5.74, 6) is 0.835. The number of hydrogen-bond acceptors (Lipinski definition) is 4. The van der Waals surface area contributed by atoms with Gasteiger partial charge in [0.1, 0.15) is 15.6 Å². The SMILES string of the molecule is CC1CCC(NS(=O)(=O)c2cccnc2C(N)=S)C1C. The second-order valence-corrected chi connectivity index (χ2v) is 7.48. The number of rotatable bonds is 4. The number of pyridine rings is 1. The van der Waals surface area contributed by atoms with Crippen LogP contribution in [0.15, 0.2) is 23.2 Å². The molecule has 110 valence electrons. The van der Waals surface area contributed by atoms with Crippen molar-refractivity contribution >= 4 is 27.2 Å². The van der Waals surface area contributed by atoms with Crippen LogP contribution in [0.25, 0.3) is 0 Å². The average Bonchev–Trinajstić information content (AvgIpc) is 2.70. The number of nitrogens with zero attached hydrogens (tertiary/aromatic N) is 1. The van der Waals surface area contributed by atoms with E-state index >= 15 is 0 Å². The first-order valence-corrected chi connectivity index (χ1v) is 8.49. The number of nitrogens with two attached hydrogens (primary N) is 1. The van der Waals surface area contributed by atoms with Crippen molar-refractivity contribution in [2.45, 2.75) is 37.6 Å². The summed E-state index contributed by atoms with van der Waals surface area (Å²) in [5, 5.41) is 0. The highest BCUT2D eigenvalue weighted by molar-refractivity contribution is 7.89. The summed E-state index contributed by atoms with van der Waals surface area (Å²) in [4.78, 5) is 4.01. The largest absolute Gasteiger partial charge is 0.388 e. The third-order valence-corrected chi connectivity index (χ3v) is 5.78. The maximum atomic E-state index is 12.5. The Hall–Kier alpha value is -1.05. The normalized spacial score (nSPS) is 26.6. The summed E-state index contributed by atoms with van der Waals surface area (Å²) in [6, 6.07) is 3.00. The van der Waals surface area contributed by atoms with E-state index in [1.54, 1.807) is 6.07 Å². The Kier molecular flexibility index (Phi) is 4.41. The Balaban J connectivity index is 2.30. The van der Waals surface area contributed by atoms with Crippen molar-refractivity contribution in [2.75, 3.05) is 0 Å². The zero-order valence-corrected chi connectivity index (χ0v) is 13.2. The van der Waals surface area contributed by atoms with Crippen LogP contribution in [0.3, 0.4) is 0 Å². The zero-order chi connectivity index (χ0) is 14.9. The van der Waals surface area contributed by atoms with Crippen LogP contribution in [0.4, 0.5) is 0 Å². The smallest absolute Gasteiger partial charge is 0.243 e. The second-order valence-electron chi connectivity index (χ2n) is 5.36. The summed E-state index contributed by atoms with van der Waals surface area (Å²) in [7, 11) is -3.66. The van der Waals surface area contributed by atoms with Crippen LogP contribution < -0.4 is 10.5 Å². The molecule has 1 heterocycles. The predicted octanol–water partition coefficient (Wildman–Crippen LogP) is 1.43. The molecule has 7 heteroatoms. The molecular formula is C13H19N3O2S2. The first-order valence-electron chi connectivity index (χ1n) is 6.60. The van der Waals surface area contributed by atoms with Crippen molar-refractivity contribution in [3.63, 3.8) is 0 Å². The topological polar surface area (TPSA) is 85.1 Å². The molecule has 0 aromatic carbocycles. The molecule has 1 fully saturated rings. The van der Waals surface area contributed by atoms with Crippen LogP contribution >= 0.6 is 12.2 Å². The third-order valence-electron chi connectivity index (χ3n) is 4.07. The highest BCUT2D eigenvalue weighted by Gasteiger charge is 2.34. The van der Waals surface area contributed by atoms with Gasteiger partial charge in [-0.2, -0.15) is 0 Å². The van der Waals surface area contributed by atoms with Gasteiger partial charge in [-0.3, -0.25) is 4.98 Å². The van der Waals surface area contributed by atoms with E-state index in [-0.39, 0.29) is 21.6 Å². The quantitative estimate of drug-likeness (QED) is 0.821. The molecule has 1 aliphatic rings. The molecule has 3 N–H and O–H groups in total. The molecule has 20 heavy (non-hydrogen) atoms. The minimum atomic E-state index is -3.66. The molecule has 1 aliphatic carbocycles. The molecule has 1 aromatic heterocycles. The first kappa shape index (κ1) is 15.3. The molecule has 2 rings (SSSR count). The van der Waals surface area contributed by atoms with Crippen LogP contribution in [0.2, 0.25) is 0 Å². The summed E-state index contributed by atoms with van der Waals surface area (Å²) >= 11 is 4.87. The van der Waals surface area contributed by atoms with Gasteiger partial charge >= 0.3 is 0 Å². The monoisotopic (exact) mass is 313 g/mol. The van der Waals surface area contributed by atoms with E-state index in [1.165, 1.54) is 12.3 Å². The summed E-state index contributed by atoms with van der Waals surface area (Å²) < 4.78 is 27.8. The lowest BCUT2D eigenvalue weighted by Crippen LogP contribution is -2.38. The molecule has 3 atom stereocenters. The van der Waals surface area contributed by atoms with E-state index in [0.717, 1.165) is 12.8 Å². The first-order chi connectivity index (χ1) is 9.33. The van der Waals surface area contributed by atoms with Gasteiger partial charge in [0.25, 0.3) is 0 Å². The van der Waals surface area contributed by atoms with Gasteiger partial charge in [0.15, 0.2) is 0 Å². The molecule has 0 saturated heterocycles. The van der Waals surface area contributed by atoms with E-state index in [4.69, 9.17) is 18.0 Å². The fourth-order valence-electron chi connectivity index (χ4n) is 2.59. The molecule has 1 saturated carbocycles. The van der Waals surface area contributed by atoms with Crippen molar-refractivity contribution < 1.29 is 8.42 Å². The van der Waals surface area contributed by atoms with Gasteiger partial charge in [0.2, 0.25) is 10.0 Å². The number of aromatic nitrogens is 1. The molecule has 0 aliphatic heterocycles. The van der Waals surface area contributed by atoms with Gasteiger partial charge in [0.05, 0.1) is 0 Å². The van der Waals surface area contributed by atoms with Crippen LogP contribution in [-0.2, 0) is 10.0 Å². The minimum Gasteiger partial charge on any atom is -0.388 e. The summed E-state index contributed by atoms with van der Waals surface area (Å²) in [6.07, 6.45) is 3.36. The fourth-order valence-corrected chi connectivity index (χ4v) is 4.35. The average molecular weight is 313 g/mol. The molecule has 0 spiro atoms.